The number of benzene rings is 4. The topological polar surface area (TPSA) is 105 Å². The maximum Gasteiger partial charge on any atom is 0.327 e. The molecular weight excluding hydrogens is 651 g/mol. The molecule has 0 aliphatic carbocycles. The van der Waals surface area contributed by atoms with Crippen molar-refractivity contribution in [3.05, 3.63) is 135 Å². The summed E-state index contributed by atoms with van der Waals surface area (Å²) in [6.45, 7) is 0. The number of para-hydroxylation sites is 1. The van der Waals surface area contributed by atoms with Crippen molar-refractivity contribution in [3.8, 4) is 11.5 Å². The summed E-state index contributed by atoms with van der Waals surface area (Å²) in [5.74, 6) is -0.447. The van der Waals surface area contributed by atoms with Crippen LogP contribution in [0, 0.1) is 3.57 Å². The third-order valence-electron chi connectivity index (χ3n) is 5.75. The van der Waals surface area contributed by atoms with Gasteiger partial charge in [0.05, 0.1) is 0 Å². The Morgan fingerprint density at radius 2 is 1.51 bits per heavy atom. The highest BCUT2D eigenvalue weighted by molar-refractivity contribution is 14.1. The molecule has 0 aliphatic heterocycles. The number of rotatable bonds is 12. The number of amides is 2. The van der Waals surface area contributed by atoms with E-state index < -0.39 is 23.8 Å². The second kappa shape index (κ2) is 15.1. The average molecular weight is 679 g/mol. The predicted octanol–water partition coefficient (Wildman–Crippen LogP) is 6.36. The van der Waals surface area contributed by atoms with E-state index in [0.717, 1.165) is 9.13 Å². The van der Waals surface area contributed by atoms with Crippen molar-refractivity contribution in [3.63, 3.8) is 0 Å². The Balaban J connectivity index is 1.54. The Morgan fingerprint density at radius 1 is 0.854 bits per heavy atom. The highest BCUT2D eigenvalue weighted by Crippen LogP contribution is 2.23. The minimum absolute atomic E-state index is 0.0929. The molecule has 3 N–H and O–H groups in total. The first-order chi connectivity index (χ1) is 19.9. The van der Waals surface area contributed by atoms with E-state index in [1.807, 2.05) is 60.7 Å². The van der Waals surface area contributed by atoms with Gasteiger partial charge in [-0.15, -0.1) is 0 Å². The number of carbonyl (C=O) groups excluding carboxylic acids is 2. The number of halogens is 1. The van der Waals surface area contributed by atoms with E-state index in [9.17, 15) is 19.5 Å². The molecule has 0 heterocycles. The number of carboxylic acid groups (broad SMARTS) is 1. The van der Waals surface area contributed by atoms with Crippen LogP contribution < -0.4 is 15.4 Å². The van der Waals surface area contributed by atoms with Crippen LogP contribution in [0.3, 0.4) is 0 Å². The van der Waals surface area contributed by atoms with Crippen molar-refractivity contribution in [2.45, 2.75) is 11.8 Å². The summed E-state index contributed by atoms with van der Waals surface area (Å²) in [4.78, 5) is 38.4. The summed E-state index contributed by atoms with van der Waals surface area (Å²) in [5.41, 5.74) is 1.90. The fraction of sp³-hybridized carbons (Fsp3) is 0.0938. The normalized spacial score (nSPS) is 11.8. The zero-order valence-electron chi connectivity index (χ0n) is 21.8. The SMILES string of the molecule is O=C(NC(CSCc1ccccc1)C(=O)O)C(=Cc1cccc(Oc2ccccc2)c1)NC(=O)c1ccc(I)cc1. The first-order valence-corrected chi connectivity index (χ1v) is 14.9. The van der Waals surface area contributed by atoms with Gasteiger partial charge in [-0.25, -0.2) is 4.79 Å². The maximum absolute atomic E-state index is 13.4. The third kappa shape index (κ3) is 9.51. The van der Waals surface area contributed by atoms with E-state index in [1.54, 1.807) is 48.5 Å². The standard InChI is InChI=1S/C32H27IN2O5S/c33-25-16-14-24(15-17-25)30(36)34-28(19-23-10-7-13-27(18-23)40-26-11-5-2-6-12-26)31(37)35-29(32(38)39)21-41-20-22-8-3-1-4-9-22/h1-19,29H,20-21H2,(H,34,36)(H,35,37)(H,38,39). The molecule has 1 unspecified atom stereocenters. The fourth-order valence-electron chi connectivity index (χ4n) is 3.69. The summed E-state index contributed by atoms with van der Waals surface area (Å²) in [6, 6.07) is 31.6. The summed E-state index contributed by atoms with van der Waals surface area (Å²) in [7, 11) is 0. The number of thioether (sulfide) groups is 1. The van der Waals surface area contributed by atoms with Gasteiger partial charge < -0.3 is 20.5 Å². The van der Waals surface area contributed by atoms with Gasteiger partial charge in [0.25, 0.3) is 11.8 Å². The molecule has 0 aromatic heterocycles. The monoisotopic (exact) mass is 678 g/mol. The van der Waals surface area contributed by atoms with Crippen molar-refractivity contribution >= 4 is 58.2 Å². The van der Waals surface area contributed by atoms with Crippen molar-refractivity contribution in [1.82, 2.24) is 10.6 Å². The summed E-state index contributed by atoms with van der Waals surface area (Å²) in [6.07, 6.45) is 1.49. The first kappa shape index (κ1) is 29.9. The van der Waals surface area contributed by atoms with Gasteiger partial charge in [0.1, 0.15) is 23.2 Å². The molecule has 0 fully saturated rings. The van der Waals surface area contributed by atoms with Crippen LogP contribution in [-0.4, -0.2) is 34.7 Å². The molecule has 9 heteroatoms. The van der Waals surface area contributed by atoms with Gasteiger partial charge in [-0.1, -0.05) is 60.7 Å². The van der Waals surface area contributed by atoms with Crippen LogP contribution in [0.15, 0.2) is 115 Å². The van der Waals surface area contributed by atoms with Gasteiger partial charge in [-0.05, 0) is 88.3 Å². The van der Waals surface area contributed by atoms with Crippen LogP contribution in [0.5, 0.6) is 11.5 Å². The minimum atomic E-state index is -1.17. The molecule has 4 rings (SSSR count). The third-order valence-corrected chi connectivity index (χ3v) is 7.57. The quantitative estimate of drug-likeness (QED) is 0.119. The molecule has 41 heavy (non-hydrogen) atoms. The Hall–Kier alpha value is -4.09. The van der Waals surface area contributed by atoms with Gasteiger partial charge >= 0.3 is 5.97 Å². The van der Waals surface area contributed by atoms with Crippen molar-refractivity contribution in [2.75, 3.05) is 5.75 Å². The van der Waals surface area contributed by atoms with Gasteiger partial charge in [0.15, 0.2) is 0 Å². The molecule has 208 valence electrons. The van der Waals surface area contributed by atoms with Gasteiger partial charge in [0.2, 0.25) is 0 Å². The number of hydrogen-bond donors (Lipinski definition) is 3. The molecule has 0 saturated heterocycles. The largest absolute Gasteiger partial charge is 0.480 e. The number of nitrogens with one attached hydrogen (secondary N) is 2. The lowest BCUT2D eigenvalue weighted by Gasteiger charge is -2.17. The van der Waals surface area contributed by atoms with E-state index in [4.69, 9.17) is 4.74 Å². The number of hydrogen-bond acceptors (Lipinski definition) is 5. The summed E-state index contributed by atoms with van der Waals surface area (Å²) in [5, 5.41) is 15.0. The second-order valence-corrected chi connectivity index (χ2v) is 11.1. The van der Waals surface area contributed by atoms with Crippen molar-refractivity contribution in [1.29, 1.82) is 0 Å². The van der Waals surface area contributed by atoms with E-state index in [1.165, 1.54) is 17.8 Å². The van der Waals surface area contributed by atoms with Crippen LogP contribution in [0.1, 0.15) is 21.5 Å². The maximum atomic E-state index is 13.4. The van der Waals surface area contributed by atoms with Gasteiger partial charge in [0, 0.05) is 20.6 Å². The molecule has 4 aromatic rings. The highest BCUT2D eigenvalue weighted by atomic mass is 127. The highest BCUT2D eigenvalue weighted by Gasteiger charge is 2.23. The van der Waals surface area contributed by atoms with E-state index in [0.29, 0.717) is 28.4 Å². The second-order valence-electron chi connectivity index (χ2n) is 8.87. The predicted molar refractivity (Wildman–Crippen MR) is 170 cm³/mol. The molecule has 0 saturated carbocycles. The molecule has 0 bridgehead atoms. The molecule has 1 atom stereocenters. The van der Waals surface area contributed by atoms with E-state index in [2.05, 4.69) is 33.2 Å². The lowest BCUT2D eigenvalue weighted by molar-refractivity contribution is -0.140. The van der Waals surface area contributed by atoms with Crippen molar-refractivity contribution < 1.29 is 24.2 Å². The summed E-state index contributed by atoms with van der Waals surface area (Å²) < 4.78 is 6.86. The Kier molecular flexibility index (Phi) is 11.0. The van der Waals surface area contributed by atoms with E-state index in [-0.39, 0.29) is 11.4 Å². The molecule has 2 amide bonds. The number of aliphatic carboxylic acids is 1. The lowest BCUT2D eigenvalue weighted by atomic mass is 10.1. The molecule has 4 aromatic carbocycles. The van der Waals surface area contributed by atoms with Crippen LogP contribution in [0.25, 0.3) is 6.08 Å². The Morgan fingerprint density at radius 3 is 2.20 bits per heavy atom. The van der Waals surface area contributed by atoms with Gasteiger partial charge in [-0.3, -0.25) is 9.59 Å². The zero-order chi connectivity index (χ0) is 29.0. The molecule has 0 aliphatic rings. The van der Waals surface area contributed by atoms with E-state index >= 15 is 0 Å². The van der Waals surface area contributed by atoms with Crippen LogP contribution in [-0.2, 0) is 15.3 Å². The van der Waals surface area contributed by atoms with Crippen LogP contribution in [0.2, 0.25) is 0 Å². The molecule has 0 spiro atoms. The van der Waals surface area contributed by atoms with Gasteiger partial charge in [-0.2, -0.15) is 11.8 Å². The smallest absolute Gasteiger partial charge is 0.327 e. The lowest BCUT2D eigenvalue weighted by Crippen LogP contribution is -2.45. The summed E-state index contributed by atoms with van der Waals surface area (Å²) >= 11 is 3.53. The number of carbonyl (C=O) groups is 3. The molecule has 7 nitrogen and oxygen atoms in total. The van der Waals surface area contributed by atoms with Crippen molar-refractivity contribution in [2.24, 2.45) is 0 Å². The Bertz CT molecular complexity index is 1510. The minimum Gasteiger partial charge on any atom is -0.480 e. The first-order valence-electron chi connectivity index (χ1n) is 12.6. The molecule has 0 radical (unpaired) electrons. The fourth-order valence-corrected chi connectivity index (χ4v) is 5.06. The number of ether oxygens (including phenoxy) is 1. The zero-order valence-corrected chi connectivity index (χ0v) is 24.8. The van der Waals surface area contributed by atoms with Crippen LogP contribution >= 0.6 is 34.4 Å². The molecular formula is C32H27IN2O5S. The number of carboxylic acids is 1. The van der Waals surface area contributed by atoms with Crippen LogP contribution in [0.4, 0.5) is 0 Å². The average Bonchev–Trinajstić information content (AvgIpc) is 2.97. The Labute approximate surface area is 256 Å².